The molecule has 23 heavy (non-hydrogen) atoms. The van der Waals surface area contributed by atoms with Crippen molar-refractivity contribution in [1.82, 2.24) is 10.2 Å². The predicted molar refractivity (Wildman–Crippen MR) is 78.3 cm³/mol. The average molecular weight is 328 g/mol. The Labute approximate surface area is 132 Å². The topological polar surface area (TPSA) is 49.4 Å². The highest BCUT2D eigenvalue weighted by atomic mass is 19.4. The third-order valence-corrected chi connectivity index (χ3v) is 3.98. The van der Waals surface area contributed by atoms with Crippen LogP contribution in [0.1, 0.15) is 30.4 Å². The zero-order valence-electron chi connectivity index (χ0n) is 12.8. The zero-order chi connectivity index (χ0) is 17.0. The lowest BCUT2D eigenvalue weighted by Crippen LogP contribution is -2.40. The molecule has 1 aromatic rings. The molecule has 0 radical (unpaired) electrons. The molecule has 1 fully saturated rings. The van der Waals surface area contributed by atoms with Gasteiger partial charge < -0.3 is 10.2 Å². The number of halogens is 3. The number of nitrogens with zero attached hydrogens (tertiary/aromatic N) is 1. The molecule has 1 N–H and O–H groups in total. The highest BCUT2D eigenvalue weighted by Crippen LogP contribution is 2.29. The standard InChI is InChI=1S/C16H19F3N2O2/c1-21-9-3-2-4-13(15(21)23)14(22)20-10-11-5-7-12(8-6-11)16(17,18)19/h5-8,13H,2-4,9-10H2,1H3,(H,20,22). The normalized spacial score (nSPS) is 19.4. The van der Waals surface area contributed by atoms with Gasteiger partial charge in [-0.05, 0) is 30.5 Å². The Bertz CT molecular complexity index is 570. The van der Waals surface area contributed by atoms with Gasteiger partial charge in [-0.1, -0.05) is 18.6 Å². The van der Waals surface area contributed by atoms with Crippen LogP contribution in [0.4, 0.5) is 13.2 Å². The fourth-order valence-electron chi connectivity index (χ4n) is 2.56. The highest BCUT2D eigenvalue weighted by Gasteiger charge is 2.31. The van der Waals surface area contributed by atoms with E-state index in [0.717, 1.165) is 25.0 Å². The minimum atomic E-state index is -4.38. The molecule has 1 heterocycles. The lowest BCUT2D eigenvalue weighted by Gasteiger charge is -2.19. The molecule has 0 spiro atoms. The molecular formula is C16H19F3N2O2. The predicted octanol–water partition coefficient (Wildman–Crippen LogP) is 2.58. The van der Waals surface area contributed by atoms with E-state index in [1.807, 2.05) is 0 Å². The summed E-state index contributed by atoms with van der Waals surface area (Å²) in [6.45, 7) is 0.742. The molecule has 1 aliphatic heterocycles. The third-order valence-electron chi connectivity index (χ3n) is 3.98. The van der Waals surface area contributed by atoms with Gasteiger partial charge in [0, 0.05) is 20.1 Å². The van der Waals surface area contributed by atoms with E-state index < -0.39 is 17.7 Å². The number of rotatable bonds is 3. The highest BCUT2D eigenvalue weighted by molar-refractivity contribution is 6.00. The van der Waals surface area contributed by atoms with Crippen LogP contribution in [-0.2, 0) is 22.3 Å². The first-order chi connectivity index (χ1) is 10.8. The molecule has 7 heteroatoms. The fourth-order valence-corrected chi connectivity index (χ4v) is 2.56. The van der Waals surface area contributed by atoms with Crippen molar-refractivity contribution in [3.05, 3.63) is 35.4 Å². The SMILES string of the molecule is CN1CCCCC(C(=O)NCc2ccc(C(F)(F)F)cc2)C1=O. The summed E-state index contributed by atoms with van der Waals surface area (Å²) < 4.78 is 37.4. The van der Waals surface area contributed by atoms with Crippen molar-refractivity contribution >= 4 is 11.8 Å². The Hall–Kier alpha value is -2.05. The van der Waals surface area contributed by atoms with Gasteiger partial charge in [-0.25, -0.2) is 0 Å². The summed E-state index contributed by atoms with van der Waals surface area (Å²) in [5, 5.41) is 2.64. The van der Waals surface area contributed by atoms with Gasteiger partial charge in [-0.2, -0.15) is 13.2 Å². The van der Waals surface area contributed by atoms with E-state index in [4.69, 9.17) is 0 Å². The quantitative estimate of drug-likeness (QED) is 0.867. The number of hydrogen-bond acceptors (Lipinski definition) is 2. The van der Waals surface area contributed by atoms with E-state index in [1.54, 1.807) is 11.9 Å². The van der Waals surface area contributed by atoms with Crippen molar-refractivity contribution in [2.24, 2.45) is 5.92 Å². The number of benzene rings is 1. The Morgan fingerprint density at radius 2 is 1.91 bits per heavy atom. The molecule has 1 aliphatic rings. The summed E-state index contributed by atoms with van der Waals surface area (Å²) in [7, 11) is 1.67. The van der Waals surface area contributed by atoms with E-state index in [1.165, 1.54) is 12.1 Å². The number of carbonyl (C=O) groups is 2. The average Bonchev–Trinajstić information content (AvgIpc) is 2.67. The largest absolute Gasteiger partial charge is 0.416 e. The van der Waals surface area contributed by atoms with Crippen LogP contribution in [0.3, 0.4) is 0 Å². The molecule has 1 unspecified atom stereocenters. The summed E-state index contributed by atoms with van der Waals surface area (Å²) in [5.74, 6) is -1.28. The number of alkyl halides is 3. The first-order valence-corrected chi connectivity index (χ1v) is 7.48. The second kappa shape index (κ2) is 7.02. The maximum absolute atomic E-state index is 12.5. The van der Waals surface area contributed by atoms with Gasteiger partial charge in [0.05, 0.1) is 5.56 Å². The third kappa shape index (κ3) is 4.46. The van der Waals surface area contributed by atoms with Crippen molar-refractivity contribution in [2.45, 2.75) is 32.0 Å². The molecular weight excluding hydrogens is 309 g/mol. The van der Waals surface area contributed by atoms with Gasteiger partial charge in [-0.3, -0.25) is 9.59 Å². The molecule has 1 aromatic carbocycles. The number of hydrogen-bond donors (Lipinski definition) is 1. The van der Waals surface area contributed by atoms with Crippen LogP contribution < -0.4 is 5.32 Å². The minimum Gasteiger partial charge on any atom is -0.351 e. The van der Waals surface area contributed by atoms with Crippen LogP contribution in [-0.4, -0.2) is 30.3 Å². The molecule has 4 nitrogen and oxygen atoms in total. The van der Waals surface area contributed by atoms with Crippen LogP contribution in [0.25, 0.3) is 0 Å². The second-order valence-electron chi connectivity index (χ2n) is 5.72. The van der Waals surface area contributed by atoms with E-state index in [9.17, 15) is 22.8 Å². The molecule has 0 bridgehead atoms. The Balaban J connectivity index is 1.94. The van der Waals surface area contributed by atoms with Gasteiger partial charge in [-0.15, -0.1) is 0 Å². The molecule has 2 rings (SSSR count). The zero-order valence-corrected chi connectivity index (χ0v) is 12.8. The summed E-state index contributed by atoms with van der Waals surface area (Å²) >= 11 is 0. The van der Waals surface area contributed by atoms with Crippen LogP contribution in [0.15, 0.2) is 24.3 Å². The van der Waals surface area contributed by atoms with Crippen LogP contribution in [0, 0.1) is 5.92 Å². The lowest BCUT2D eigenvalue weighted by atomic mass is 10.0. The molecule has 0 saturated carbocycles. The lowest BCUT2D eigenvalue weighted by molar-refractivity contribution is -0.141. The van der Waals surface area contributed by atoms with Crippen molar-refractivity contribution < 1.29 is 22.8 Å². The number of likely N-dealkylation sites (tertiary alicyclic amines) is 1. The Kier molecular flexibility index (Phi) is 5.28. The summed E-state index contributed by atoms with van der Waals surface area (Å²) in [4.78, 5) is 25.8. The summed E-state index contributed by atoms with van der Waals surface area (Å²) in [6.07, 6.45) is -2.21. The van der Waals surface area contributed by atoms with E-state index >= 15 is 0 Å². The van der Waals surface area contributed by atoms with Crippen LogP contribution in [0.5, 0.6) is 0 Å². The van der Waals surface area contributed by atoms with E-state index in [-0.39, 0.29) is 18.4 Å². The molecule has 1 saturated heterocycles. The first-order valence-electron chi connectivity index (χ1n) is 7.48. The van der Waals surface area contributed by atoms with E-state index in [0.29, 0.717) is 18.5 Å². The van der Waals surface area contributed by atoms with Crippen molar-refractivity contribution in [1.29, 1.82) is 0 Å². The Morgan fingerprint density at radius 1 is 1.26 bits per heavy atom. The molecule has 0 aromatic heterocycles. The maximum atomic E-state index is 12.5. The van der Waals surface area contributed by atoms with Crippen molar-refractivity contribution in [2.75, 3.05) is 13.6 Å². The van der Waals surface area contributed by atoms with Gasteiger partial charge in [0.25, 0.3) is 0 Å². The molecule has 2 amide bonds. The van der Waals surface area contributed by atoms with E-state index in [2.05, 4.69) is 5.32 Å². The molecule has 126 valence electrons. The maximum Gasteiger partial charge on any atom is 0.416 e. The smallest absolute Gasteiger partial charge is 0.351 e. The van der Waals surface area contributed by atoms with Gasteiger partial charge in [0.1, 0.15) is 5.92 Å². The van der Waals surface area contributed by atoms with Gasteiger partial charge in [0.15, 0.2) is 0 Å². The first kappa shape index (κ1) is 17.3. The summed E-state index contributed by atoms with van der Waals surface area (Å²) in [5.41, 5.74) is -0.172. The van der Waals surface area contributed by atoms with Crippen molar-refractivity contribution in [3.63, 3.8) is 0 Å². The van der Waals surface area contributed by atoms with Crippen LogP contribution in [0.2, 0.25) is 0 Å². The number of amides is 2. The van der Waals surface area contributed by atoms with Crippen LogP contribution >= 0.6 is 0 Å². The number of carbonyl (C=O) groups excluding carboxylic acids is 2. The fraction of sp³-hybridized carbons (Fsp3) is 0.500. The molecule has 1 atom stereocenters. The number of nitrogens with one attached hydrogen (secondary N) is 1. The van der Waals surface area contributed by atoms with Gasteiger partial charge in [0.2, 0.25) is 11.8 Å². The minimum absolute atomic E-state index is 0.102. The summed E-state index contributed by atoms with van der Waals surface area (Å²) in [6, 6.07) is 4.60. The monoisotopic (exact) mass is 328 g/mol. The van der Waals surface area contributed by atoms with Crippen molar-refractivity contribution in [3.8, 4) is 0 Å². The Morgan fingerprint density at radius 3 is 2.52 bits per heavy atom. The molecule has 0 aliphatic carbocycles. The van der Waals surface area contributed by atoms with Gasteiger partial charge >= 0.3 is 6.18 Å². The second-order valence-corrected chi connectivity index (χ2v) is 5.72.